The fourth-order valence-electron chi connectivity index (χ4n) is 4.42. The summed E-state index contributed by atoms with van der Waals surface area (Å²) in [5, 5.41) is 7.72. The van der Waals surface area contributed by atoms with Crippen LogP contribution < -0.4 is 15.5 Å². The molecule has 1 saturated heterocycles. The molecule has 5 rings (SSSR count). The minimum absolute atomic E-state index is 0.295. The van der Waals surface area contributed by atoms with E-state index in [1.807, 2.05) is 0 Å². The number of alkyl halides is 3. The monoisotopic (exact) mass is 566 g/mol. The van der Waals surface area contributed by atoms with Gasteiger partial charge in [0, 0.05) is 18.3 Å². The third-order valence-electron chi connectivity index (χ3n) is 6.24. The SMILES string of the molecule is CC(C)C1CCCN1c1nc(Nc2ccc(C(F)(F)F)cc2)c2nc(Nc3c(Cl)cccc3Cl)sc2n1. The molecule has 0 bridgehead atoms. The lowest BCUT2D eigenvalue weighted by atomic mass is 10.0. The number of rotatable bonds is 6. The molecular weight excluding hydrogens is 544 g/mol. The molecule has 6 nitrogen and oxygen atoms in total. The highest BCUT2D eigenvalue weighted by Gasteiger charge is 2.31. The average Bonchev–Trinajstić information content (AvgIpc) is 3.49. The Hall–Kier alpha value is -2.82. The first-order valence-corrected chi connectivity index (χ1v) is 13.3. The van der Waals surface area contributed by atoms with Gasteiger partial charge in [0.1, 0.15) is 5.52 Å². The van der Waals surface area contributed by atoms with E-state index in [2.05, 4.69) is 34.4 Å². The van der Waals surface area contributed by atoms with Gasteiger partial charge in [-0.1, -0.05) is 54.5 Å². The van der Waals surface area contributed by atoms with E-state index >= 15 is 0 Å². The van der Waals surface area contributed by atoms with Gasteiger partial charge in [0.15, 0.2) is 15.8 Å². The van der Waals surface area contributed by atoms with Gasteiger partial charge in [-0.2, -0.15) is 23.1 Å². The Morgan fingerprint density at radius 2 is 1.70 bits per heavy atom. The van der Waals surface area contributed by atoms with Gasteiger partial charge in [-0.05, 0) is 55.2 Å². The van der Waals surface area contributed by atoms with Crippen LogP contribution in [0.3, 0.4) is 0 Å². The zero-order valence-corrected chi connectivity index (χ0v) is 22.2. The number of fused-ring (bicyclic) bond motifs is 1. The molecule has 1 aliphatic rings. The van der Waals surface area contributed by atoms with Gasteiger partial charge in [-0.15, -0.1) is 0 Å². The largest absolute Gasteiger partial charge is 0.416 e. The van der Waals surface area contributed by atoms with E-state index in [-0.39, 0.29) is 0 Å². The normalized spacial score (nSPS) is 16.1. The number of nitrogens with zero attached hydrogens (tertiary/aromatic N) is 4. The Bertz CT molecular complexity index is 1400. The van der Waals surface area contributed by atoms with Crippen molar-refractivity contribution >= 4 is 73.2 Å². The van der Waals surface area contributed by atoms with Crippen LogP contribution >= 0.6 is 34.5 Å². The lowest BCUT2D eigenvalue weighted by Gasteiger charge is -2.27. The molecule has 1 unspecified atom stereocenters. The smallest absolute Gasteiger partial charge is 0.338 e. The summed E-state index contributed by atoms with van der Waals surface area (Å²) in [4.78, 5) is 17.1. The predicted molar refractivity (Wildman–Crippen MR) is 145 cm³/mol. The Balaban J connectivity index is 1.56. The first-order valence-electron chi connectivity index (χ1n) is 11.7. The number of aromatic nitrogens is 3. The van der Waals surface area contributed by atoms with Crippen molar-refractivity contribution in [1.82, 2.24) is 15.0 Å². The van der Waals surface area contributed by atoms with Gasteiger partial charge < -0.3 is 15.5 Å². The number of benzene rings is 2. The first-order chi connectivity index (χ1) is 17.6. The number of para-hydroxylation sites is 1. The number of hydrogen-bond donors (Lipinski definition) is 2. The maximum absolute atomic E-state index is 13.0. The van der Waals surface area contributed by atoms with E-state index in [4.69, 9.17) is 33.2 Å². The summed E-state index contributed by atoms with van der Waals surface area (Å²) in [6, 6.07) is 10.3. The van der Waals surface area contributed by atoms with Crippen molar-refractivity contribution in [3.8, 4) is 0 Å². The number of hydrogen-bond acceptors (Lipinski definition) is 7. The van der Waals surface area contributed by atoms with E-state index in [1.54, 1.807) is 18.2 Å². The van der Waals surface area contributed by atoms with Crippen molar-refractivity contribution in [2.75, 3.05) is 22.1 Å². The highest BCUT2D eigenvalue weighted by molar-refractivity contribution is 7.22. The second-order valence-electron chi connectivity index (χ2n) is 9.11. The second-order valence-corrected chi connectivity index (χ2v) is 10.9. The maximum Gasteiger partial charge on any atom is 0.416 e. The molecule has 194 valence electrons. The highest BCUT2D eigenvalue weighted by atomic mass is 35.5. The molecule has 1 fully saturated rings. The lowest BCUT2D eigenvalue weighted by molar-refractivity contribution is -0.137. The van der Waals surface area contributed by atoms with Crippen molar-refractivity contribution in [1.29, 1.82) is 0 Å². The maximum atomic E-state index is 13.0. The second kappa shape index (κ2) is 10.2. The third kappa shape index (κ3) is 5.42. The van der Waals surface area contributed by atoms with Crippen LogP contribution in [-0.4, -0.2) is 27.5 Å². The first kappa shape index (κ1) is 25.8. The molecule has 37 heavy (non-hydrogen) atoms. The van der Waals surface area contributed by atoms with E-state index in [0.29, 0.717) is 60.6 Å². The van der Waals surface area contributed by atoms with E-state index in [0.717, 1.165) is 31.5 Å². The number of halogens is 5. The van der Waals surface area contributed by atoms with Gasteiger partial charge >= 0.3 is 6.18 Å². The molecular formula is C25H23Cl2F3N6S. The van der Waals surface area contributed by atoms with Crippen LogP contribution in [0.1, 0.15) is 32.3 Å². The van der Waals surface area contributed by atoms with Gasteiger partial charge in [-0.3, -0.25) is 0 Å². The molecule has 1 aliphatic heterocycles. The molecule has 2 N–H and O–H groups in total. The molecule has 12 heteroatoms. The zero-order valence-electron chi connectivity index (χ0n) is 19.9. The van der Waals surface area contributed by atoms with Crippen LogP contribution in [0.4, 0.5) is 41.4 Å². The summed E-state index contributed by atoms with van der Waals surface area (Å²) >= 11 is 14.0. The number of anilines is 5. The molecule has 1 atom stereocenters. The lowest BCUT2D eigenvalue weighted by Crippen LogP contribution is -2.34. The molecule has 4 aromatic rings. The molecule has 2 aromatic heterocycles. The quantitative estimate of drug-likeness (QED) is 0.244. The van der Waals surface area contributed by atoms with E-state index < -0.39 is 11.7 Å². The van der Waals surface area contributed by atoms with Gasteiger partial charge in [0.2, 0.25) is 5.95 Å². The van der Waals surface area contributed by atoms with Gasteiger partial charge in [-0.25, -0.2) is 4.98 Å². The third-order valence-corrected chi connectivity index (χ3v) is 7.74. The Morgan fingerprint density at radius 3 is 2.35 bits per heavy atom. The predicted octanol–water partition coefficient (Wildman–Crippen LogP) is 8.52. The molecule has 0 spiro atoms. The van der Waals surface area contributed by atoms with Crippen LogP contribution in [0.25, 0.3) is 10.3 Å². The summed E-state index contributed by atoms with van der Waals surface area (Å²) in [5.41, 5.74) is 0.743. The van der Waals surface area contributed by atoms with Crippen LogP contribution in [0, 0.1) is 5.92 Å². The van der Waals surface area contributed by atoms with Crippen molar-refractivity contribution in [2.24, 2.45) is 5.92 Å². The molecule has 0 radical (unpaired) electrons. The Morgan fingerprint density at radius 1 is 1.00 bits per heavy atom. The van der Waals surface area contributed by atoms with Crippen molar-refractivity contribution in [2.45, 2.75) is 38.9 Å². The highest BCUT2D eigenvalue weighted by Crippen LogP contribution is 2.39. The van der Waals surface area contributed by atoms with Crippen molar-refractivity contribution in [3.63, 3.8) is 0 Å². The summed E-state index contributed by atoms with van der Waals surface area (Å²) in [6.07, 6.45) is -2.33. The summed E-state index contributed by atoms with van der Waals surface area (Å²) in [6.45, 7) is 5.17. The number of nitrogens with one attached hydrogen (secondary N) is 2. The van der Waals surface area contributed by atoms with Crippen LogP contribution in [0.2, 0.25) is 10.0 Å². The topological polar surface area (TPSA) is 66.0 Å². The van der Waals surface area contributed by atoms with Crippen molar-refractivity contribution < 1.29 is 13.2 Å². The van der Waals surface area contributed by atoms with Gasteiger partial charge in [0.05, 0.1) is 21.3 Å². The average molecular weight is 567 g/mol. The minimum atomic E-state index is -4.41. The molecule has 0 saturated carbocycles. The van der Waals surface area contributed by atoms with Gasteiger partial charge in [0.25, 0.3) is 0 Å². The van der Waals surface area contributed by atoms with Crippen LogP contribution in [0.15, 0.2) is 42.5 Å². The summed E-state index contributed by atoms with van der Waals surface area (Å²) < 4.78 is 39.1. The molecule has 3 heterocycles. The Labute approximate surface area is 225 Å². The van der Waals surface area contributed by atoms with Crippen LogP contribution in [0.5, 0.6) is 0 Å². The fraction of sp³-hybridized carbons (Fsp3) is 0.320. The molecule has 0 aliphatic carbocycles. The molecule has 2 aromatic carbocycles. The summed E-state index contributed by atoms with van der Waals surface area (Å²) in [7, 11) is 0. The minimum Gasteiger partial charge on any atom is -0.338 e. The van der Waals surface area contributed by atoms with Crippen LogP contribution in [-0.2, 0) is 6.18 Å². The Kier molecular flexibility index (Phi) is 7.08. The number of thiazole rings is 1. The standard InChI is InChI=1S/C25H23Cl2F3N6S/c1-13(2)18-7-4-12-36(18)23-34-21(31-15-10-8-14(9-11-15)25(28,29)30)20-22(35-23)37-24(33-20)32-19-16(26)5-3-6-17(19)27/h3,5-6,8-11,13,18H,4,7,12H2,1-2H3,(H,32,33)(H,31,34,35). The van der Waals surface area contributed by atoms with E-state index in [9.17, 15) is 13.2 Å². The summed E-state index contributed by atoms with van der Waals surface area (Å²) in [5.74, 6) is 1.38. The zero-order chi connectivity index (χ0) is 26.3. The fourth-order valence-corrected chi connectivity index (χ4v) is 5.75. The van der Waals surface area contributed by atoms with Crippen molar-refractivity contribution in [3.05, 3.63) is 58.1 Å². The van der Waals surface area contributed by atoms with E-state index in [1.165, 1.54) is 23.5 Å². The molecule has 0 amide bonds.